The zero-order chi connectivity index (χ0) is 8.85. The molecule has 0 N–H and O–H groups in total. The van der Waals surface area contributed by atoms with Gasteiger partial charge in [-0.15, -0.1) is 0 Å². The number of rotatable bonds is 4. The normalized spacial score (nSPS) is 9.91. The summed E-state index contributed by atoms with van der Waals surface area (Å²) in [7, 11) is 0. The summed E-state index contributed by atoms with van der Waals surface area (Å²) in [5.41, 5.74) is 2.12. The fourth-order valence-corrected chi connectivity index (χ4v) is 0.871. The highest BCUT2D eigenvalue weighted by Crippen LogP contribution is 2.12. The van der Waals surface area contributed by atoms with Gasteiger partial charge in [-0.1, -0.05) is 19.4 Å². The van der Waals surface area contributed by atoms with Crippen LogP contribution in [0.25, 0.3) is 0 Å². The third-order valence-electron chi connectivity index (χ3n) is 1.78. The monoisotopic (exact) mass is 154 g/mol. The van der Waals surface area contributed by atoms with Crippen LogP contribution in [0, 0.1) is 5.92 Å². The number of carbonyl (C=O) groups is 1. The first kappa shape index (κ1) is 10.4. The van der Waals surface area contributed by atoms with Crippen LogP contribution >= 0.6 is 0 Å². The first-order valence-corrected chi connectivity index (χ1v) is 4.19. The molecule has 0 saturated carbocycles. The quantitative estimate of drug-likeness (QED) is 0.449. The Bertz CT molecular complexity index is 150. The molecular formula is C10H18O. The molecule has 0 aromatic rings. The molecule has 64 valence electrons. The second-order valence-electron chi connectivity index (χ2n) is 3.58. The van der Waals surface area contributed by atoms with E-state index in [0.717, 1.165) is 30.3 Å². The van der Waals surface area contributed by atoms with Crippen molar-refractivity contribution in [2.75, 3.05) is 0 Å². The molecule has 0 rings (SSSR count). The average Bonchev–Trinajstić information content (AvgIpc) is 1.87. The van der Waals surface area contributed by atoms with Gasteiger partial charge in [-0.3, -0.25) is 4.79 Å². The largest absolute Gasteiger partial charge is 0.298 e. The van der Waals surface area contributed by atoms with Gasteiger partial charge < -0.3 is 0 Å². The molecule has 0 heterocycles. The van der Waals surface area contributed by atoms with E-state index in [9.17, 15) is 4.79 Å². The average molecular weight is 154 g/mol. The minimum atomic E-state index is 0.685. The fraction of sp³-hybridized carbons (Fsp3) is 0.700. The summed E-state index contributed by atoms with van der Waals surface area (Å²) in [6.07, 6.45) is 3.03. The van der Waals surface area contributed by atoms with E-state index in [1.807, 2.05) is 13.8 Å². The van der Waals surface area contributed by atoms with Gasteiger partial charge in [0, 0.05) is 0 Å². The van der Waals surface area contributed by atoms with E-state index in [2.05, 4.69) is 13.8 Å². The highest BCUT2D eigenvalue weighted by molar-refractivity contribution is 5.74. The van der Waals surface area contributed by atoms with E-state index < -0.39 is 0 Å². The maximum absolute atomic E-state index is 10.5. The van der Waals surface area contributed by atoms with Crippen LogP contribution in [0.1, 0.15) is 40.5 Å². The smallest absolute Gasteiger partial charge is 0.145 e. The molecule has 1 nitrogen and oxygen atoms in total. The first-order chi connectivity index (χ1) is 5.07. The lowest BCUT2D eigenvalue weighted by molar-refractivity contribution is -0.105. The fourth-order valence-electron chi connectivity index (χ4n) is 0.871. The SMILES string of the molecule is CC(C)=C(C=O)CCC(C)C. The van der Waals surface area contributed by atoms with Crippen LogP contribution < -0.4 is 0 Å². The van der Waals surface area contributed by atoms with Crippen molar-refractivity contribution in [3.63, 3.8) is 0 Å². The molecule has 0 aliphatic heterocycles. The molecular weight excluding hydrogens is 136 g/mol. The van der Waals surface area contributed by atoms with Gasteiger partial charge in [0.15, 0.2) is 0 Å². The van der Waals surface area contributed by atoms with E-state index in [1.54, 1.807) is 0 Å². The van der Waals surface area contributed by atoms with E-state index in [1.165, 1.54) is 0 Å². The molecule has 11 heavy (non-hydrogen) atoms. The standard InChI is InChI=1S/C10H18O/c1-8(2)5-6-10(7-11)9(3)4/h7-8H,5-6H2,1-4H3. The van der Waals surface area contributed by atoms with E-state index >= 15 is 0 Å². The minimum absolute atomic E-state index is 0.685. The van der Waals surface area contributed by atoms with Crippen LogP contribution in [0.4, 0.5) is 0 Å². The third-order valence-corrected chi connectivity index (χ3v) is 1.78. The molecule has 0 saturated heterocycles. The number of hydrogen-bond acceptors (Lipinski definition) is 1. The van der Waals surface area contributed by atoms with E-state index in [-0.39, 0.29) is 0 Å². The highest BCUT2D eigenvalue weighted by atomic mass is 16.1. The maximum atomic E-state index is 10.5. The Morgan fingerprint density at radius 3 is 2.18 bits per heavy atom. The molecule has 0 bridgehead atoms. The molecule has 0 aromatic heterocycles. The Hall–Kier alpha value is -0.590. The van der Waals surface area contributed by atoms with Crippen LogP contribution in [0.3, 0.4) is 0 Å². The number of carbonyl (C=O) groups excluding carboxylic acids is 1. The van der Waals surface area contributed by atoms with Crippen molar-refractivity contribution in [3.8, 4) is 0 Å². The minimum Gasteiger partial charge on any atom is -0.298 e. The van der Waals surface area contributed by atoms with Gasteiger partial charge in [0.2, 0.25) is 0 Å². The summed E-state index contributed by atoms with van der Waals surface area (Å²) in [5.74, 6) is 0.685. The summed E-state index contributed by atoms with van der Waals surface area (Å²) < 4.78 is 0. The second-order valence-corrected chi connectivity index (χ2v) is 3.58. The molecule has 0 aliphatic rings. The molecule has 0 unspecified atom stereocenters. The molecule has 0 aromatic carbocycles. The molecule has 0 spiro atoms. The van der Waals surface area contributed by atoms with Crippen LogP contribution in [-0.4, -0.2) is 6.29 Å². The highest BCUT2D eigenvalue weighted by Gasteiger charge is 1.99. The van der Waals surface area contributed by atoms with Crippen molar-refractivity contribution in [2.24, 2.45) is 5.92 Å². The maximum Gasteiger partial charge on any atom is 0.145 e. The first-order valence-electron chi connectivity index (χ1n) is 4.19. The molecule has 0 radical (unpaired) electrons. The van der Waals surface area contributed by atoms with Crippen molar-refractivity contribution in [2.45, 2.75) is 40.5 Å². The summed E-state index contributed by atoms with van der Waals surface area (Å²) in [6.45, 7) is 8.33. The lowest BCUT2D eigenvalue weighted by Gasteiger charge is -2.04. The van der Waals surface area contributed by atoms with Gasteiger partial charge in [0.1, 0.15) is 6.29 Å². The Morgan fingerprint density at radius 1 is 1.36 bits per heavy atom. The van der Waals surface area contributed by atoms with Gasteiger partial charge in [0.05, 0.1) is 0 Å². The van der Waals surface area contributed by atoms with Crippen LogP contribution in [0.2, 0.25) is 0 Å². The van der Waals surface area contributed by atoms with Gasteiger partial charge in [-0.05, 0) is 38.2 Å². The van der Waals surface area contributed by atoms with Crippen molar-refractivity contribution >= 4 is 6.29 Å². The second kappa shape index (κ2) is 5.11. The number of hydrogen-bond donors (Lipinski definition) is 0. The van der Waals surface area contributed by atoms with Crippen molar-refractivity contribution in [1.29, 1.82) is 0 Å². The molecule has 0 amide bonds. The van der Waals surface area contributed by atoms with Crippen LogP contribution in [-0.2, 0) is 4.79 Å². The third kappa shape index (κ3) is 4.77. The predicted molar refractivity (Wildman–Crippen MR) is 48.5 cm³/mol. The molecule has 0 aliphatic carbocycles. The van der Waals surface area contributed by atoms with Gasteiger partial charge in [0.25, 0.3) is 0 Å². The topological polar surface area (TPSA) is 17.1 Å². The molecule has 0 fully saturated rings. The van der Waals surface area contributed by atoms with E-state index in [0.29, 0.717) is 5.92 Å². The Labute approximate surface area is 69.5 Å². The zero-order valence-corrected chi connectivity index (χ0v) is 7.98. The molecule has 1 heteroatoms. The van der Waals surface area contributed by atoms with E-state index in [4.69, 9.17) is 0 Å². The van der Waals surface area contributed by atoms with Gasteiger partial charge in [-0.2, -0.15) is 0 Å². The predicted octanol–water partition coefficient (Wildman–Crippen LogP) is 2.96. The lowest BCUT2D eigenvalue weighted by Crippen LogP contribution is -1.93. The summed E-state index contributed by atoms with van der Waals surface area (Å²) in [5, 5.41) is 0. The summed E-state index contributed by atoms with van der Waals surface area (Å²) in [6, 6.07) is 0. The lowest BCUT2D eigenvalue weighted by atomic mass is 10.0. The summed E-state index contributed by atoms with van der Waals surface area (Å²) >= 11 is 0. The van der Waals surface area contributed by atoms with Crippen LogP contribution in [0.15, 0.2) is 11.1 Å². The zero-order valence-electron chi connectivity index (χ0n) is 7.98. The summed E-state index contributed by atoms with van der Waals surface area (Å²) in [4.78, 5) is 10.5. The van der Waals surface area contributed by atoms with Crippen molar-refractivity contribution in [3.05, 3.63) is 11.1 Å². The Kier molecular flexibility index (Phi) is 4.84. The number of aldehydes is 1. The number of allylic oxidation sites excluding steroid dienone is 2. The Balaban J connectivity index is 3.91. The van der Waals surface area contributed by atoms with Crippen molar-refractivity contribution < 1.29 is 4.79 Å². The Morgan fingerprint density at radius 2 is 1.91 bits per heavy atom. The van der Waals surface area contributed by atoms with Crippen LogP contribution in [0.5, 0.6) is 0 Å². The van der Waals surface area contributed by atoms with Gasteiger partial charge in [-0.25, -0.2) is 0 Å². The van der Waals surface area contributed by atoms with Gasteiger partial charge >= 0.3 is 0 Å². The molecule has 0 atom stereocenters. The van der Waals surface area contributed by atoms with Crippen molar-refractivity contribution in [1.82, 2.24) is 0 Å².